The number of hydrogen-bond acceptors (Lipinski definition) is 14. The lowest BCUT2D eigenvalue weighted by Gasteiger charge is -2.40. The highest BCUT2D eigenvalue weighted by atomic mass is 16.7. The maximum atomic E-state index is 13.5. The van der Waals surface area contributed by atoms with Crippen LogP contribution in [0.5, 0.6) is 0 Å². The Hall–Kier alpha value is -4.73. The average Bonchev–Trinajstić information content (AvgIpc) is 3.10. The molecule has 0 bridgehead atoms. The molecule has 0 spiro atoms. The van der Waals surface area contributed by atoms with Gasteiger partial charge in [-0.1, -0.05) is 26.0 Å². The Balaban J connectivity index is 2.08. The molecule has 1 aromatic rings. The molecule has 1 aliphatic rings. The van der Waals surface area contributed by atoms with Gasteiger partial charge in [0.25, 0.3) is 6.45 Å². The van der Waals surface area contributed by atoms with Crippen LogP contribution < -0.4 is 26.6 Å². The molecule has 1 fully saturated rings. The second-order valence-corrected chi connectivity index (χ2v) is 11.6. The summed E-state index contributed by atoms with van der Waals surface area (Å²) < 4.78 is 29.7. The third-order valence-electron chi connectivity index (χ3n) is 7.25. The van der Waals surface area contributed by atoms with Crippen LogP contribution in [0.3, 0.4) is 0 Å². The van der Waals surface area contributed by atoms with Gasteiger partial charge in [-0.3, -0.25) is 33.6 Å². The van der Waals surface area contributed by atoms with Crippen LogP contribution in [0, 0.1) is 5.92 Å². The molecule has 1 aromatic carbocycles. The summed E-state index contributed by atoms with van der Waals surface area (Å²) in [5.41, 5.74) is 0.717. The number of aliphatic hydroxyl groups is 4. The Bertz CT molecular complexity index is 1430. The van der Waals surface area contributed by atoms with Crippen molar-refractivity contribution in [3.8, 4) is 0 Å². The molecule has 0 saturated carbocycles. The zero-order valence-corrected chi connectivity index (χ0v) is 27.8. The third kappa shape index (κ3) is 14.6. The predicted octanol–water partition coefficient (Wildman–Crippen LogP) is -3.77. The van der Waals surface area contributed by atoms with Crippen molar-refractivity contribution in [3.05, 3.63) is 29.8 Å². The highest BCUT2D eigenvalue weighted by Crippen LogP contribution is 2.22. The summed E-state index contributed by atoms with van der Waals surface area (Å²) in [5.74, 6) is -6.00. The number of aliphatic carboxylic acids is 1. The second kappa shape index (κ2) is 21.5. The molecular formula is C31H45N5O15. The molecule has 0 aromatic heterocycles. The minimum absolute atomic E-state index is 0.196. The number of carboxylic acids is 1. The van der Waals surface area contributed by atoms with Crippen molar-refractivity contribution in [1.82, 2.24) is 21.3 Å². The quantitative estimate of drug-likeness (QED) is 0.0576. The molecule has 284 valence electrons. The summed E-state index contributed by atoms with van der Waals surface area (Å²) in [7, 11) is 0. The maximum Gasteiger partial charge on any atom is 0.303 e. The summed E-state index contributed by atoms with van der Waals surface area (Å²) in [5, 5.41) is 60.7. The number of carbonyl (C=O) groups excluding carboxylic acids is 6. The predicted molar refractivity (Wildman–Crippen MR) is 172 cm³/mol. The fourth-order valence-corrected chi connectivity index (χ4v) is 4.45. The molecule has 20 nitrogen and oxygen atoms in total. The first-order valence-corrected chi connectivity index (χ1v) is 15.7. The first-order chi connectivity index (χ1) is 24.9. The molecule has 20 heteroatoms. The average molecular weight is 731 g/mol. The molecule has 1 saturated heterocycles. The van der Waals surface area contributed by atoms with E-state index in [4.69, 9.17) is 17.3 Å². The van der Waals surface area contributed by atoms with E-state index in [0.717, 1.165) is 0 Å². The van der Waals surface area contributed by atoms with E-state index in [1.165, 1.54) is 24.3 Å². The van der Waals surface area contributed by atoms with Crippen molar-refractivity contribution in [2.75, 3.05) is 31.6 Å². The molecule has 1 unspecified atom stereocenters. The molecule has 51 heavy (non-hydrogen) atoms. The fraction of sp³-hybridized carbons (Fsp3) is 0.581. The Morgan fingerprint density at radius 3 is 2.25 bits per heavy atom. The fourth-order valence-electron chi connectivity index (χ4n) is 4.45. The van der Waals surface area contributed by atoms with E-state index in [1.54, 1.807) is 13.8 Å². The van der Waals surface area contributed by atoms with Gasteiger partial charge in [0.1, 0.15) is 43.1 Å². The number of ether oxygens (including phenoxy) is 3. The van der Waals surface area contributed by atoms with Crippen molar-refractivity contribution < 1.29 is 76.0 Å². The van der Waals surface area contributed by atoms with E-state index in [2.05, 4.69) is 31.3 Å². The first kappa shape index (κ1) is 39.1. The Morgan fingerprint density at radius 1 is 0.961 bits per heavy atom. The summed E-state index contributed by atoms with van der Waals surface area (Å²) >= 11 is 0. The minimum atomic E-state index is -1.82. The van der Waals surface area contributed by atoms with Gasteiger partial charge in [-0.2, -0.15) is 0 Å². The van der Waals surface area contributed by atoms with E-state index in [9.17, 15) is 54.0 Å². The summed E-state index contributed by atoms with van der Waals surface area (Å²) in [6, 6.07) is 3.10. The Labute approximate surface area is 295 Å². The van der Waals surface area contributed by atoms with Gasteiger partial charge in [-0.25, -0.2) is 0 Å². The molecule has 5 amide bonds. The standard InChI is InChI=1S/C31H45N5O15/c1-16(2)25(36-22(40)9-10-32-23(41)11-33-21(39)7-8-24(42)43)30(48)35-19(14-50-31-28(46)27(45)26(44)20(12-37)51-31)29(47)34-18-5-3-17(4-6-18)13-49-15-38/h3-6,15-16,19-20,25-28,31,37,44-46H,7-14H2,1-2H3,(H,32,41)(H,33,39)(H,34,47)(H,35,48)(H,36,40)(H,42,43)/t19-,20+,25-,26+,27-,28+,31+/m0/s1/i7T,15D/t7?,19-,20+,25-,26+,27-,28+,31+. The SMILES string of the molecule is [2H]C(=O)OCc1ccc(NC(=O)[C@H](CO[C@@H]2O[C@H](CO)[C@@H](O)[C@H](O)[C@H]2O)NC(=O)[C@@H](NC(=O)CCNC(=O)CNC(=O)C([3H])CC(=O)O)C(C)C)cc1. The van der Waals surface area contributed by atoms with Crippen LogP contribution in [0.25, 0.3) is 0 Å². The molecular weight excluding hydrogens is 682 g/mol. The molecule has 1 heterocycles. The molecule has 1 aliphatic heterocycles. The second-order valence-electron chi connectivity index (χ2n) is 11.6. The van der Waals surface area contributed by atoms with Crippen LogP contribution in [-0.2, 0) is 54.4 Å². The van der Waals surface area contributed by atoms with Crippen molar-refractivity contribution in [1.29, 1.82) is 0 Å². The van der Waals surface area contributed by atoms with Crippen LogP contribution in [0.2, 0.25) is 0 Å². The lowest BCUT2D eigenvalue weighted by molar-refractivity contribution is -0.301. The summed E-state index contributed by atoms with van der Waals surface area (Å²) in [6.07, 6.45) is -12.2. The van der Waals surface area contributed by atoms with E-state index in [-0.39, 0.29) is 25.3 Å². The number of amides is 5. The number of carbonyl (C=O) groups is 7. The normalized spacial score (nSPS) is 22.2. The molecule has 0 aliphatic carbocycles. The monoisotopic (exact) mass is 730 g/mol. The lowest BCUT2D eigenvalue weighted by atomic mass is 9.99. The number of benzene rings is 1. The highest BCUT2D eigenvalue weighted by molar-refractivity contribution is 5.98. The third-order valence-corrected chi connectivity index (χ3v) is 7.25. The first-order valence-electron chi connectivity index (χ1n) is 16.7. The number of anilines is 1. The topological polar surface area (TPSA) is 308 Å². The molecule has 0 radical (unpaired) electrons. The number of aliphatic hydroxyl groups excluding tert-OH is 4. The number of rotatable bonds is 20. The van der Waals surface area contributed by atoms with Gasteiger partial charge in [-0.15, -0.1) is 0 Å². The zero-order valence-electron chi connectivity index (χ0n) is 29.8. The molecule has 10 N–H and O–H groups in total. The van der Waals surface area contributed by atoms with Gasteiger partial charge < -0.3 is 66.3 Å². The van der Waals surface area contributed by atoms with Gasteiger partial charge in [0.15, 0.2) is 7.66 Å². The van der Waals surface area contributed by atoms with Crippen molar-refractivity contribution in [3.63, 3.8) is 0 Å². The van der Waals surface area contributed by atoms with Crippen LogP contribution in [0.1, 0.15) is 41.4 Å². The van der Waals surface area contributed by atoms with Gasteiger partial charge in [-0.05, 0) is 23.6 Å². The minimum Gasteiger partial charge on any atom is -0.481 e. The van der Waals surface area contributed by atoms with Crippen molar-refractivity contribution in [2.45, 2.75) is 82.5 Å². The summed E-state index contributed by atoms with van der Waals surface area (Å²) in [6.45, 7) is 0.756. The van der Waals surface area contributed by atoms with Gasteiger partial charge in [0, 0.05) is 26.4 Å². The van der Waals surface area contributed by atoms with Crippen LogP contribution in [0.4, 0.5) is 5.69 Å². The Morgan fingerprint density at radius 2 is 1.65 bits per heavy atom. The summed E-state index contributed by atoms with van der Waals surface area (Å²) in [4.78, 5) is 84.7. The van der Waals surface area contributed by atoms with E-state index in [0.29, 0.717) is 5.56 Å². The molecule has 8 atom stereocenters. The largest absolute Gasteiger partial charge is 0.481 e. The number of hydrogen-bond donors (Lipinski definition) is 10. The van der Waals surface area contributed by atoms with E-state index >= 15 is 0 Å². The lowest BCUT2D eigenvalue weighted by Crippen LogP contribution is -2.60. The smallest absolute Gasteiger partial charge is 0.303 e. The van der Waals surface area contributed by atoms with E-state index in [1.807, 2.05) is 0 Å². The van der Waals surface area contributed by atoms with Crippen LogP contribution >= 0.6 is 0 Å². The molecule has 2 rings (SSSR count). The number of carboxylic acid groups (broad SMARTS) is 1. The number of nitrogens with one attached hydrogen (secondary N) is 5. The maximum absolute atomic E-state index is 13.5. The Kier molecular flexibility index (Phi) is 16.5. The highest BCUT2D eigenvalue weighted by Gasteiger charge is 2.44. The van der Waals surface area contributed by atoms with Crippen molar-refractivity contribution in [2.24, 2.45) is 5.92 Å². The zero-order chi connectivity index (χ0) is 39.8. The van der Waals surface area contributed by atoms with Crippen LogP contribution in [0.15, 0.2) is 24.3 Å². The van der Waals surface area contributed by atoms with Crippen LogP contribution in [-0.4, -0.2) is 137 Å². The van der Waals surface area contributed by atoms with Crippen molar-refractivity contribution >= 4 is 47.6 Å². The van der Waals surface area contributed by atoms with Gasteiger partial charge >= 0.3 is 5.97 Å². The van der Waals surface area contributed by atoms with E-state index < -0.39 is 123 Å². The van der Waals surface area contributed by atoms with Gasteiger partial charge in [0.2, 0.25) is 29.5 Å². The van der Waals surface area contributed by atoms with Gasteiger partial charge in [0.05, 0.1) is 26.2 Å².